The number of halogens is 2. The lowest BCUT2D eigenvalue weighted by Gasteiger charge is -2.24. The molecule has 18 heavy (non-hydrogen) atoms. The van der Waals surface area contributed by atoms with Gasteiger partial charge in [0, 0.05) is 37.4 Å². The molecular formula is C13H16BrClN2O. The monoisotopic (exact) mass is 330 g/mol. The smallest absolute Gasteiger partial charge is 0.227 e. The molecule has 0 spiro atoms. The van der Waals surface area contributed by atoms with Crippen molar-refractivity contribution in [2.45, 2.75) is 6.42 Å². The quantitative estimate of drug-likeness (QED) is 0.795. The molecule has 0 bridgehead atoms. The molecule has 1 amide bonds. The molecule has 1 saturated heterocycles. The SMILES string of the molecule is CN(C)c1ccc(Br)cc1N1CC(CCl)CC1=O. The van der Waals surface area contributed by atoms with Crippen molar-refractivity contribution in [3.05, 3.63) is 22.7 Å². The van der Waals surface area contributed by atoms with Crippen LogP contribution in [0.2, 0.25) is 0 Å². The summed E-state index contributed by atoms with van der Waals surface area (Å²) in [6, 6.07) is 5.99. The lowest BCUT2D eigenvalue weighted by Crippen LogP contribution is -2.27. The molecule has 0 radical (unpaired) electrons. The van der Waals surface area contributed by atoms with Crippen molar-refractivity contribution >= 4 is 44.8 Å². The highest BCUT2D eigenvalue weighted by atomic mass is 79.9. The van der Waals surface area contributed by atoms with Crippen molar-refractivity contribution in [2.24, 2.45) is 5.92 Å². The predicted molar refractivity (Wildman–Crippen MR) is 79.6 cm³/mol. The molecule has 1 fully saturated rings. The van der Waals surface area contributed by atoms with Crippen LogP contribution in [0.4, 0.5) is 11.4 Å². The first-order chi connectivity index (χ1) is 8.52. The van der Waals surface area contributed by atoms with E-state index in [4.69, 9.17) is 11.6 Å². The molecule has 1 aromatic carbocycles. The Morgan fingerprint density at radius 1 is 1.50 bits per heavy atom. The minimum Gasteiger partial charge on any atom is -0.376 e. The standard InChI is InChI=1S/C13H16BrClN2O/c1-16(2)11-4-3-10(14)6-12(11)17-8-9(7-15)5-13(17)18/h3-4,6,9H,5,7-8H2,1-2H3. The first-order valence-corrected chi connectivity index (χ1v) is 7.19. The van der Waals surface area contributed by atoms with Gasteiger partial charge in [0.05, 0.1) is 11.4 Å². The number of carbonyl (C=O) groups excluding carboxylic acids is 1. The molecular weight excluding hydrogens is 316 g/mol. The van der Waals surface area contributed by atoms with Crippen molar-refractivity contribution in [3.8, 4) is 0 Å². The summed E-state index contributed by atoms with van der Waals surface area (Å²) < 4.78 is 0.977. The summed E-state index contributed by atoms with van der Waals surface area (Å²) in [5.74, 6) is 0.947. The highest BCUT2D eigenvalue weighted by molar-refractivity contribution is 9.10. The number of carbonyl (C=O) groups is 1. The lowest BCUT2D eigenvalue weighted by atomic mass is 10.1. The van der Waals surface area contributed by atoms with Crippen LogP contribution in [-0.2, 0) is 4.79 Å². The molecule has 98 valence electrons. The average molecular weight is 332 g/mol. The maximum Gasteiger partial charge on any atom is 0.227 e. The Kier molecular flexibility index (Phi) is 4.17. The summed E-state index contributed by atoms with van der Waals surface area (Å²) in [4.78, 5) is 15.9. The first-order valence-electron chi connectivity index (χ1n) is 5.86. The van der Waals surface area contributed by atoms with Crippen molar-refractivity contribution in [1.29, 1.82) is 0 Å². The summed E-state index contributed by atoms with van der Waals surface area (Å²) in [7, 11) is 3.96. The number of rotatable bonds is 3. The van der Waals surface area contributed by atoms with Crippen LogP contribution >= 0.6 is 27.5 Å². The van der Waals surface area contributed by atoms with Gasteiger partial charge in [0.2, 0.25) is 5.91 Å². The van der Waals surface area contributed by atoms with Crippen LogP contribution < -0.4 is 9.80 Å². The van der Waals surface area contributed by atoms with Gasteiger partial charge in [0.15, 0.2) is 0 Å². The van der Waals surface area contributed by atoms with Crippen LogP contribution in [0.5, 0.6) is 0 Å². The van der Waals surface area contributed by atoms with E-state index < -0.39 is 0 Å². The molecule has 0 saturated carbocycles. The van der Waals surface area contributed by atoms with Gasteiger partial charge in [0.25, 0.3) is 0 Å². The van der Waals surface area contributed by atoms with Crippen molar-refractivity contribution < 1.29 is 4.79 Å². The number of benzene rings is 1. The van der Waals surface area contributed by atoms with Gasteiger partial charge in [-0.15, -0.1) is 11.6 Å². The van der Waals surface area contributed by atoms with Crippen LogP contribution in [0, 0.1) is 5.92 Å². The summed E-state index contributed by atoms with van der Waals surface area (Å²) >= 11 is 9.32. The second-order valence-electron chi connectivity index (χ2n) is 4.76. The molecule has 1 unspecified atom stereocenters. The van der Waals surface area contributed by atoms with Gasteiger partial charge < -0.3 is 9.80 Å². The van der Waals surface area contributed by atoms with Gasteiger partial charge in [-0.25, -0.2) is 0 Å². The Balaban J connectivity index is 2.38. The number of hydrogen-bond acceptors (Lipinski definition) is 2. The predicted octanol–water partition coefficient (Wildman–Crippen LogP) is 3.11. The topological polar surface area (TPSA) is 23.6 Å². The second kappa shape index (κ2) is 5.49. The Morgan fingerprint density at radius 3 is 2.78 bits per heavy atom. The molecule has 5 heteroatoms. The number of anilines is 2. The van der Waals surface area contributed by atoms with E-state index in [0.29, 0.717) is 18.8 Å². The molecule has 1 atom stereocenters. The minimum absolute atomic E-state index is 0.154. The third kappa shape index (κ3) is 2.64. The molecule has 0 aliphatic carbocycles. The number of hydrogen-bond donors (Lipinski definition) is 0. The average Bonchev–Trinajstić information content (AvgIpc) is 2.70. The zero-order valence-corrected chi connectivity index (χ0v) is 12.8. The van der Waals surface area contributed by atoms with E-state index in [1.807, 2.05) is 42.1 Å². The number of amides is 1. The third-order valence-corrected chi connectivity index (χ3v) is 4.06. The summed E-state index contributed by atoms with van der Waals surface area (Å²) in [5.41, 5.74) is 1.99. The number of alkyl halides is 1. The van der Waals surface area contributed by atoms with E-state index in [1.165, 1.54) is 0 Å². The first kappa shape index (κ1) is 13.7. The van der Waals surface area contributed by atoms with Gasteiger partial charge >= 0.3 is 0 Å². The highest BCUT2D eigenvalue weighted by Gasteiger charge is 2.31. The van der Waals surface area contributed by atoms with E-state index in [9.17, 15) is 4.79 Å². The maximum atomic E-state index is 12.1. The van der Waals surface area contributed by atoms with Crippen LogP contribution in [0.3, 0.4) is 0 Å². The van der Waals surface area contributed by atoms with E-state index in [1.54, 1.807) is 0 Å². The molecule has 1 aliphatic heterocycles. The van der Waals surface area contributed by atoms with Gasteiger partial charge in [-0.3, -0.25) is 4.79 Å². The fourth-order valence-corrected chi connectivity index (χ4v) is 2.76. The van der Waals surface area contributed by atoms with E-state index >= 15 is 0 Å². The van der Waals surface area contributed by atoms with Crippen molar-refractivity contribution in [2.75, 3.05) is 36.3 Å². The summed E-state index contributed by atoms with van der Waals surface area (Å²) in [6.07, 6.45) is 0.545. The Hall–Kier alpha value is -0.740. The highest BCUT2D eigenvalue weighted by Crippen LogP contribution is 2.35. The number of nitrogens with zero attached hydrogens (tertiary/aromatic N) is 2. The molecule has 0 aromatic heterocycles. The molecule has 2 rings (SSSR count). The van der Waals surface area contributed by atoms with Crippen molar-refractivity contribution in [1.82, 2.24) is 0 Å². The van der Waals surface area contributed by atoms with Crippen LogP contribution in [-0.4, -0.2) is 32.4 Å². The van der Waals surface area contributed by atoms with Crippen LogP contribution in [0.15, 0.2) is 22.7 Å². The Bertz CT molecular complexity index is 464. The zero-order chi connectivity index (χ0) is 13.3. The summed E-state index contributed by atoms with van der Waals surface area (Å²) in [5, 5.41) is 0. The Labute approximate surface area is 121 Å². The van der Waals surface area contributed by atoms with E-state index in [0.717, 1.165) is 15.8 Å². The van der Waals surface area contributed by atoms with E-state index in [-0.39, 0.29) is 11.8 Å². The van der Waals surface area contributed by atoms with Gasteiger partial charge in [0.1, 0.15) is 0 Å². The lowest BCUT2D eigenvalue weighted by molar-refractivity contribution is -0.117. The molecule has 1 heterocycles. The van der Waals surface area contributed by atoms with Crippen molar-refractivity contribution in [3.63, 3.8) is 0 Å². The molecule has 3 nitrogen and oxygen atoms in total. The summed E-state index contributed by atoms with van der Waals surface area (Å²) in [6.45, 7) is 0.708. The van der Waals surface area contributed by atoms with Crippen LogP contribution in [0.1, 0.15) is 6.42 Å². The molecule has 1 aromatic rings. The van der Waals surface area contributed by atoms with Gasteiger partial charge in [-0.1, -0.05) is 15.9 Å². The fourth-order valence-electron chi connectivity index (χ4n) is 2.21. The van der Waals surface area contributed by atoms with E-state index in [2.05, 4.69) is 15.9 Å². The van der Waals surface area contributed by atoms with Crippen LogP contribution in [0.25, 0.3) is 0 Å². The molecule has 0 N–H and O–H groups in total. The fraction of sp³-hybridized carbons (Fsp3) is 0.462. The van der Waals surface area contributed by atoms with Gasteiger partial charge in [-0.05, 0) is 24.1 Å². The largest absolute Gasteiger partial charge is 0.376 e. The second-order valence-corrected chi connectivity index (χ2v) is 5.98. The Morgan fingerprint density at radius 2 is 2.22 bits per heavy atom. The van der Waals surface area contributed by atoms with Gasteiger partial charge in [-0.2, -0.15) is 0 Å². The zero-order valence-electron chi connectivity index (χ0n) is 10.5. The molecule has 1 aliphatic rings. The minimum atomic E-state index is 0.154. The third-order valence-electron chi connectivity index (χ3n) is 3.13. The maximum absolute atomic E-state index is 12.1. The normalized spacial score (nSPS) is 19.4.